The van der Waals surface area contributed by atoms with Crippen LogP contribution in [-0.2, 0) is 4.74 Å². The summed E-state index contributed by atoms with van der Waals surface area (Å²) in [7, 11) is 0. The molecule has 0 aromatic heterocycles. The molecule has 1 aliphatic heterocycles. The lowest BCUT2D eigenvalue weighted by atomic mass is 9.99. The number of nitriles is 1. The molecule has 1 aromatic carbocycles. The molecule has 1 aliphatic rings. The highest BCUT2D eigenvalue weighted by Crippen LogP contribution is 2.20. The first-order valence-corrected chi connectivity index (χ1v) is 7.81. The summed E-state index contributed by atoms with van der Waals surface area (Å²) in [5.41, 5.74) is 1.55. The number of carbonyl (C=O) groups excluding carboxylic acids is 1. The number of ether oxygens (including phenoxy) is 1. The molecule has 1 amide bonds. The summed E-state index contributed by atoms with van der Waals surface area (Å²) in [6, 6.07) is 7.48. The number of carbonyl (C=O) groups is 1. The van der Waals surface area contributed by atoms with Crippen LogP contribution in [0.1, 0.15) is 22.3 Å². The van der Waals surface area contributed by atoms with Crippen molar-refractivity contribution in [1.29, 1.82) is 5.26 Å². The van der Waals surface area contributed by atoms with Gasteiger partial charge in [-0.3, -0.25) is 4.79 Å². The van der Waals surface area contributed by atoms with Crippen molar-refractivity contribution in [2.45, 2.75) is 24.3 Å². The van der Waals surface area contributed by atoms with Gasteiger partial charge in [0.25, 0.3) is 5.91 Å². The normalized spacial score (nSPS) is 19.4. The number of hydrogen-bond donors (Lipinski definition) is 1. The van der Waals surface area contributed by atoms with Crippen LogP contribution in [0.25, 0.3) is 0 Å². The van der Waals surface area contributed by atoms with E-state index in [2.05, 4.69) is 11.4 Å². The fourth-order valence-electron chi connectivity index (χ4n) is 2.26. The van der Waals surface area contributed by atoms with E-state index < -0.39 is 6.04 Å². The molecule has 4 nitrogen and oxygen atoms in total. The monoisotopic (exact) mass is 290 g/mol. The summed E-state index contributed by atoms with van der Waals surface area (Å²) < 4.78 is 5.28. The van der Waals surface area contributed by atoms with Gasteiger partial charge in [-0.25, -0.2) is 0 Å². The van der Waals surface area contributed by atoms with Gasteiger partial charge in [-0.05, 0) is 37.3 Å². The van der Waals surface area contributed by atoms with Crippen LogP contribution in [0.3, 0.4) is 0 Å². The molecule has 0 saturated carbocycles. The maximum Gasteiger partial charge on any atom is 0.252 e. The number of amides is 1. The zero-order valence-electron chi connectivity index (χ0n) is 11.7. The molecular formula is C15H18N2O2S. The standard InChI is InChI=1S/C15H18N2O2S/c1-10-3-4-12(20-2)7-13(10)15(18)17-14(8-16)11-5-6-19-9-11/h3-4,7,11,14H,5-6,9H2,1-2H3,(H,17,18)/t11-,14-/m0/s1. The van der Waals surface area contributed by atoms with Crippen LogP contribution in [0.15, 0.2) is 23.1 Å². The molecule has 0 unspecified atom stereocenters. The second-order valence-corrected chi connectivity index (χ2v) is 5.76. The molecule has 1 aromatic rings. The van der Waals surface area contributed by atoms with E-state index in [4.69, 9.17) is 4.74 Å². The van der Waals surface area contributed by atoms with Crippen molar-refractivity contribution >= 4 is 17.7 Å². The Morgan fingerprint density at radius 1 is 1.60 bits per heavy atom. The lowest BCUT2D eigenvalue weighted by Crippen LogP contribution is -2.39. The summed E-state index contributed by atoms with van der Waals surface area (Å²) in [5, 5.41) is 12.1. The van der Waals surface area contributed by atoms with E-state index >= 15 is 0 Å². The van der Waals surface area contributed by atoms with Gasteiger partial charge in [0.05, 0.1) is 12.7 Å². The summed E-state index contributed by atoms with van der Waals surface area (Å²) in [6.45, 7) is 3.11. The molecule has 1 heterocycles. The third-order valence-electron chi connectivity index (χ3n) is 3.55. The predicted octanol–water partition coefficient (Wildman–Crippen LogP) is 2.38. The second kappa shape index (κ2) is 6.78. The van der Waals surface area contributed by atoms with Crippen molar-refractivity contribution in [2.24, 2.45) is 5.92 Å². The van der Waals surface area contributed by atoms with Crippen molar-refractivity contribution < 1.29 is 9.53 Å². The Balaban J connectivity index is 2.12. The second-order valence-electron chi connectivity index (χ2n) is 4.88. The van der Waals surface area contributed by atoms with Gasteiger partial charge in [0, 0.05) is 23.0 Å². The lowest BCUT2D eigenvalue weighted by Gasteiger charge is -2.17. The fourth-order valence-corrected chi connectivity index (χ4v) is 2.70. The van der Waals surface area contributed by atoms with Crippen LogP contribution < -0.4 is 5.32 Å². The number of thioether (sulfide) groups is 1. The minimum absolute atomic E-state index is 0.0907. The molecule has 1 N–H and O–H groups in total. The van der Waals surface area contributed by atoms with Gasteiger partial charge in [0.1, 0.15) is 6.04 Å². The predicted molar refractivity (Wildman–Crippen MR) is 78.8 cm³/mol. The van der Waals surface area contributed by atoms with Crippen molar-refractivity contribution in [3.05, 3.63) is 29.3 Å². The van der Waals surface area contributed by atoms with Gasteiger partial charge in [0.2, 0.25) is 0 Å². The maximum absolute atomic E-state index is 12.3. The number of nitrogens with one attached hydrogen (secondary N) is 1. The van der Waals surface area contributed by atoms with Crippen molar-refractivity contribution in [2.75, 3.05) is 19.5 Å². The van der Waals surface area contributed by atoms with Gasteiger partial charge in [-0.1, -0.05) is 6.07 Å². The summed E-state index contributed by atoms with van der Waals surface area (Å²) in [5.74, 6) is -0.0927. The average Bonchev–Trinajstić information content (AvgIpc) is 2.99. The number of aryl methyl sites for hydroxylation is 1. The lowest BCUT2D eigenvalue weighted by molar-refractivity contribution is 0.0930. The van der Waals surface area contributed by atoms with Gasteiger partial charge in [-0.15, -0.1) is 11.8 Å². The largest absolute Gasteiger partial charge is 0.381 e. The van der Waals surface area contributed by atoms with Gasteiger partial charge < -0.3 is 10.1 Å². The average molecular weight is 290 g/mol. The van der Waals surface area contributed by atoms with Crippen LogP contribution in [0.5, 0.6) is 0 Å². The third kappa shape index (κ3) is 3.33. The summed E-state index contributed by atoms with van der Waals surface area (Å²) >= 11 is 1.59. The molecule has 0 aliphatic carbocycles. The highest BCUT2D eigenvalue weighted by Gasteiger charge is 2.27. The Bertz CT molecular complexity index is 533. The van der Waals surface area contributed by atoms with E-state index in [9.17, 15) is 10.1 Å². The van der Waals surface area contributed by atoms with Gasteiger partial charge in [0.15, 0.2) is 0 Å². The zero-order valence-corrected chi connectivity index (χ0v) is 12.5. The first-order valence-electron chi connectivity index (χ1n) is 6.58. The molecule has 0 bridgehead atoms. The Labute approximate surface area is 123 Å². The molecular weight excluding hydrogens is 272 g/mol. The molecule has 106 valence electrons. The zero-order chi connectivity index (χ0) is 14.5. The topological polar surface area (TPSA) is 62.1 Å². The van der Waals surface area contributed by atoms with Crippen LogP contribution in [0.4, 0.5) is 0 Å². The van der Waals surface area contributed by atoms with E-state index in [0.29, 0.717) is 18.8 Å². The maximum atomic E-state index is 12.3. The van der Waals surface area contributed by atoms with Crippen LogP contribution in [-0.4, -0.2) is 31.4 Å². The Morgan fingerprint density at radius 2 is 2.40 bits per heavy atom. The first kappa shape index (κ1) is 14.9. The molecule has 2 atom stereocenters. The molecule has 5 heteroatoms. The smallest absolute Gasteiger partial charge is 0.252 e. The molecule has 2 rings (SSSR count). The summed E-state index contributed by atoms with van der Waals surface area (Å²) in [4.78, 5) is 13.4. The van der Waals surface area contributed by atoms with E-state index in [0.717, 1.165) is 16.9 Å². The van der Waals surface area contributed by atoms with Crippen molar-refractivity contribution in [1.82, 2.24) is 5.32 Å². The van der Waals surface area contributed by atoms with E-state index in [1.54, 1.807) is 11.8 Å². The minimum Gasteiger partial charge on any atom is -0.381 e. The number of hydrogen-bond acceptors (Lipinski definition) is 4. The van der Waals surface area contributed by atoms with Gasteiger partial charge in [-0.2, -0.15) is 5.26 Å². The highest BCUT2D eigenvalue weighted by molar-refractivity contribution is 7.98. The number of benzene rings is 1. The molecule has 0 radical (unpaired) electrons. The highest BCUT2D eigenvalue weighted by atomic mass is 32.2. The van der Waals surface area contributed by atoms with Gasteiger partial charge >= 0.3 is 0 Å². The SMILES string of the molecule is CSc1ccc(C)c(C(=O)N[C@@H](C#N)[C@H]2CCOC2)c1. The quantitative estimate of drug-likeness (QED) is 0.865. The Hall–Kier alpha value is -1.51. The molecule has 20 heavy (non-hydrogen) atoms. The third-order valence-corrected chi connectivity index (χ3v) is 4.28. The van der Waals surface area contributed by atoms with Crippen LogP contribution >= 0.6 is 11.8 Å². The number of rotatable bonds is 4. The minimum atomic E-state index is -0.484. The van der Waals surface area contributed by atoms with Crippen molar-refractivity contribution in [3.63, 3.8) is 0 Å². The van der Waals surface area contributed by atoms with E-state index in [-0.39, 0.29) is 11.8 Å². The Kier molecular flexibility index (Phi) is 5.05. The fraction of sp³-hybridized carbons (Fsp3) is 0.467. The first-order chi connectivity index (χ1) is 9.65. The molecule has 1 saturated heterocycles. The molecule has 0 spiro atoms. The summed E-state index contributed by atoms with van der Waals surface area (Å²) in [6.07, 6.45) is 2.79. The van der Waals surface area contributed by atoms with Crippen LogP contribution in [0.2, 0.25) is 0 Å². The van der Waals surface area contributed by atoms with E-state index in [1.807, 2.05) is 31.4 Å². The van der Waals surface area contributed by atoms with Crippen molar-refractivity contribution in [3.8, 4) is 6.07 Å². The Morgan fingerprint density at radius 3 is 3.00 bits per heavy atom. The number of nitrogens with zero attached hydrogens (tertiary/aromatic N) is 1. The van der Waals surface area contributed by atoms with Crippen LogP contribution in [0, 0.1) is 24.2 Å². The molecule has 1 fully saturated rings. The van der Waals surface area contributed by atoms with E-state index in [1.165, 1.54) is 0 Å².